The van der Waals surface area contributed by atoms with Gasteiger partial charge in [-0.25, -0.2) is 13.1 Å². The Bertz CT molecular complexity index is 588. The summed E-state index contributed by atoms with van der Waals surface area (Å²) >= 11 is 0. The molecule has 1 aromatic rings. The molecule has 0 atom stereocenters. The third-order valence-corrected chi connectivity index (χ3v) is 4.24. The molecule has 116 valence electrons. The fraction of sp³-hybridized carbons (Fsp3) is 0.533. The van der Waals surface area contributed by atoms with Crippen LogP contribution in [-0.2, 0) is 10.0 Å². The van der Waals surface area contributed by atoms with Crippen LogP contribution in [-0.4, -0.2) is 31.7 Å². The normalized spacial score (nSPS) is 11.0. The maximum Gasteiger partial charge on any atom is 0.242 e. The summed E-state index contributed by atoms with van der Waals surface area (Å²) in [6, 6.07) is 1.49. The molecule has 5 nitrogen and oxygen atoms in total. The molecule has 0 unspecified atom stereocenters. The Labute approximate surface area is 126 Å². The number of hydrogen-bond acceptors (Lipinski definition) is 4. The van der Waals surface area contributed by atoms with E-state index < -0.39 is 10.0 Å². The fourth-order valence-electron chi connectivity index (χ4n) is 1.70. The van der Waals surface area contributed by atoms with E-state index in [2.05, 4.69) is 28.5 Å². The zero-order valence-corrected chi connectivity index (χ0v) is 13.1. The molecule has 0 saturated carbocycles. The van der Waals surface area contributed by atoms with Gasteiger partial charge in [-0.1, -0.05) is 38.0 Å². The number of nitrogens with zero attached hydrogens (tertiary/aromatic N) is 1. The Morgan fingerprint density at radius 1 is 1.29 bits per heavy atom. The molecule has 21 heavy (non-hydrogen) atoms. The summed E-state index contributed by atoms with van der Waals surface area (Å²) in [4.78, 5) is 4.02. The monoisotopic (exact) mass is 310 g/mol. The third kappa shape index (κ3) is 6.71. The van der Waals surface area contributed by atoms with Gasteiger partial charge in [0, 0.05) is 30.9 Å². The maximum absolute atomic E-state index is 12.1. The van der Waals surface area contributed by atoms with Gasteiger partial charge < -0.3 is 5.11 Å². The molecule has 1 rings (SSSR count). The minimum Gasteiger partial charge on any atom is -0.395 e. The average molecular weight is 310 g/mol. The van der Waals surface area contributed by atoms with Crippen molar-refractivity contribution >= 4 is 10.0 Å². The molecule has 0 spiro atoms. The second-order valence-electron chi connectivity index (χ2n) is 4.64. The lowest BCUT2D eigenvalue weighted by Crippen LogP contribution is -2.25. The highest BCUT2D eigenvalue weighted by molar-refractivity contribution is 7.89. The van der Waals surface area contributed by atoms with Crippen LogP contribution in [0.25, 0.3) is 0 Å². The number of aliphatic hydroxyl groups is 1. The van der Waals surface area contributed by atoms with Gasteiger partial charge in [-0.3, -0.25) is 4.98 Å². The third-order valence-electron chi connectivity index (χ3n) is 2.82. The molecular formula is C15H22N2O3S. The van der Waals surface area contributed by atoms with E-state index in [9.17, 15) is 8.42 Å². The van der Waals surface area contributed by atoms with Gasteiger partial charge in [0.1, 0.15) is 4.90 Å². The quantitative estimate of drug-likeness (QED) is 0.565. The molecular weight excluding hydrogens is 288 g/mol. The Kier molecular flexibility index (Phi) is 7.98. The van der Waals surface area contributed by atoms with E-state index in [0.717, 1.165) is 25.7 Å². The van der Waals surface area contributed by atoms with Crippen LogP contribution in [0.3, 0.4) is 0 Å². The van der Waals surface area contributed by atoms with Crippen molar-refractivity contribution in [3.8, 4) is 11.8 Å². The van der Waals surface area contributed by atoms with Crippen molar-refractivity contribution in [2.75, 3.05) is 13.2 Å². The Morgan fingerprint density at radius 2 is 2.10 bits per heavy atom. The second-order valence-corrected chi connectivity index (χ2v) is 6.41. The second kappa shape index (κ2) is 9.50. The van der Waals surface area contributed by atoms with E-state index in [1.54, 1.807) is 0 Å². The molecule has 2 N–H and O–H groups in total. The standard InChI is InChI=1S/C15H22N2O3S/c1-2-3-4-6-9-17-21(19,20)15-11-14(12-16-13-15)8-5-7-10-18/h11-13,17-18H,2-4,6-7,9-10H2,1H3. The number of nitrogens with one attached hydrogen (secondary N) is 1. The van der Waals surface area contributed by atoms with Crippen LogP contribution < -0.4 is 4.72 Å². The summed E-state index contributed by atoms with van der Waals surface area (Å²) < 4.78 is 26.8. The van der Waals surface area contributed by atoms with Crippen LogP contribution in [0.2, 0.25) is 0 Å². The minimum absolute atomic E-state index is 0.0161. The van der Waals surface area contributed by atoms with E-state index in [0.29, 0.717) is 18.5 Å². The largest absolute Gasteiger partial charge is 0.395 e. The Balaban J connectivity index is 2.66. The van der Waals surface area contributed by atoms with Crippen molar-refractivity contribution in [1.29, 1.82) is 0 Å². The molecule has 0 aliphatic carbocycles. The van der Waals surface area contributed by atoms with Gasteiger partial charge in [0.05, 0.1) is 6.61 Å². The summed E-state index contributed by atoms with van der Waals surface area (Å²) in [5.41, 5.74) is 0.525. The molecule has 1 heterocycles. The van der Waals surface area contributed by atoms with Gasteiger partial charge in [0.25, 0.3) is 0 Å². The Hall–Kier alpha value is -1.42. The van der Waals surface area contributed by atoms with Gasteiger partial charge in [-0.15, -0.1) is 0 Å². The summed E-state index contributed by atoms with van der Waals surface area (Å²) in [6.45, 7) is 2.53. The van der Waals surface area contributed by atoms with Gasteiger partial charge in [0.15, 0.2) is 0 Å². The van der Waals surface area contributed by atoms with Gasteiger partial charge in [-0.2, -0.15) is 0 Å². The van der Waals surface area contributed by atoms with Crippen LogP contribution in [0.15, 0.2) is 23.4 Å². The van der Waals surface area contributed by atoms with Crippen LogP contribution in [0.5, 0.6) is 0 Å². The van der Waals surface area contributed by atoms with Crippen molar-refractivity contribution in [3.05, 3.63) is 24.0 Å². The number of unbranched alkanes of at least 4 members (excludes halogenated alkanes) is 3. The number of aliphatic hydroxyl groups excluding tert-OH is 1. The van der Waals surface area contributed by atoms with E-state index in [-0.39, 0.29) is 11.5 Å². The summed E-state index contributed by atoms with van der Waals surface area (Å²) in [7, 11) is -3.53. The first kappa shape index (κ1) is 17.6. The molecule has 0 radical (unpaired) electrons. The van der Waals surface area contributed by atoms with Crippen LogP contribution in [0, 0.1) is 11.8 Å². The summed E-state index contributed by atoms with van der Waals surface area (Å²) in [5.74, 6) is 5.52. The number of pyridine rings is 1. The zero-order chi connectivity index (χ0) is 15.6. The van der Waals surface area contributed by atoms with Crippen molar-refractivity contribution < 1.29 is 13.5 Å². The highest BCUT2D eigenvalue weighted by Gasteiger charge is 2.13. The predicted octanol–water partition coefficient (Wildman–Crippen LogP) is 1.67. The minimum atomic E-state index is -3.53. The zero-order valence-electron chi connectivity index (χ0n) is 12.3. The van der Waals surface area contributed by atoms with Gasteiger partial charge >= 0.3 is 0 Å². The number of sulfonamides is 1. The van der Waals surface area contributed by atoms with Crippen molar-refractivity contribution in [2.45, 2.75) is 43.9 Å². The van der Waals surface area contributed by atoms with E-state index in [1.807, 2.05) is 0 Å². The van der Waals surface area contributed by atoms with Crippen LogP contribution in [0.4, 0.5) is 0 Å². The number of rotatable bonds is 8. The first-order valence-electron chi connectivity index (χ1n) is 7.14. The lowest BCUT2D eigenvalue weighted by atomic mass is 10.2. The van der Waals surface area contributed by atoms with Gasteiger partial charge in [0.2, 0.25) is 10.0 Å². The van der Waals surface area contributed by atoms with Crippen molar-refractivity contribution in [1.82, 2.24) is 9.71 Å². The molecule has 0 aromatic carbocycles. The lowest BCUT2D eigenvalue weighted by Gasteiger charge is -2.06. The molecule has 0 fully saturated rings. The molecule has 0 saturated heterocycles. The molecule has 0 aliphatic rings. The first-order chi connectivity index (χ1) is 10.1. The molecule has 0 bridgehead atoms. The topological polar surface area (TPSA) is 79.3 Å². The van der Waals surface area contributed by atoms with Crippen LogP contribution in [0.1, 0.15) is 44.6 Å². The van der Waals surface area contributed by atoms with Crippen molar-refractivity contribution in [3.63, 3.8) is 0 Å². The predicted molar refractivity (Wildman–Crippen MR) is 82.1 cm³/mol. The van der Waals surface area contributed by atoms with Crippen molar-refractivity contribution in [2.24, 2.45) is 0 Å². The fourth-order valence-corrected chi connectivity index (χ4v) is 2.76. The van der Waals surface area contributed by atoms with Gasteiger partial charge in [-0.05, 0) is 12.5 Å². The Morgan fingerprint density at radius 3 is 2.81 bits per heavy atom. The average Bonchev–Trinajstić information content (AvgIpc) is 2.48. The lowest BCUT2D eigenvalue weighted by molar-refractivity contribution is 0.305. The molecule has 0 aliphatic heterocycles. The molecule has 0 amide bonds. The van der Waals surface area contributed by atoms with E-state index >= 15 is 0 Å². The van der Waals surface area contributed by atoms with E-state index in [1.165, 1.54) is 18.5 Å². The highest BCUT2D eigenvalue weighted by atomic mass is 32.2. The number of aromatic nitrogens is 1. The van der Waals surface area contributed by atoms with Crippen LogP contribution >= 0.6 is 0 Å². The van der Waals surface area contributed by atoms with E-state index in [4.69, 9.17) is 5.11 Å². The smallest absolute Gasteiger partial charge is 0.242 e. The maximum atomic E-state index is 12.1. The summed E-state index contributed by atoms with van der Waals surface area (Å²) in [5, 5.41) is 8.66. The summed E-state index contributed by atoms with van der Waals surface area (Å²) in [6.07, 6.45) is 7.24. The highest BCUT2D eigenvalue weighted by Crippen LogP contribution is 2.09. The first-order valence-corrected chi connectivity index (χ1v) is 8.63. The molecule has 1 aromatic heterocycles. The SMILES string of the molecule is CCCCCCNS(=O)(=O)c1cncc(C#CCCO)c1. The molecule has 6 heteroatoms. The number of hydrogen-bond donors (Lipinski definition) is 2.